The van der Waals surface area contributed by atoms with Crippen LogP contribution in [0.15, 0.2) is 46.9 Å². The highest BCUT2D eigenvalue weighted by Crippen LogP contribution is 2.48. The van der Waals surface area contributed by atoms with Gasteiger partial charge in [-0.25, -0.2) is 9.86 Å². The SMILES string of the molecule is NC(=O)N(O)C[C@@H]1C[C@H]1c1ccc(-c2ccccc2)o1. The van der Waals surface area contributed by atoms with E-state index in [4.69, 9.17) is 10.2 Å². The van der Waals surface area contributed by atoms with Gasteiger partial charge in [-0.3, -0.25) is 5.21 Å². The van der Waals surface area contributed by atoms with Crippen molar-refractivity contribution in [2.75, 3.05) is 6.54 Å². The molecule has 104 valence electrons. The number of carbonyl (C=O) groups excluding carboxylic acids is 1. The minimum atomic E-state index is -0.819. The summed E-state index contributed by atoms with van der Waals surface area (Å²) in [6.07, 6.45) is 0.895. The molecule has 3 N–H and O–H groups in total. The lowest BCUT2D eigenvalue weighted by Gasteiger charge is -2.10. The van der Waals surface area contributed by atoms with Crippen LogP contribution in [0.5, 0.6) is 0 Å². The summed E-state index contributed by atoms with van der Waals surface area (Å²) in [4.78, 5) is 10.8. The Bertz CT molecular complexity index is 609. The normalized spacial score (nSPS) is 20.6. The molecule has 1 aliphatic carbocycles. The van der Waals surface area contributed by atoms with E-state index in [1.807, 2.05) is 42.5 Å². The van der Waals surface area contributed by atoms with Crippen molar-refractivity contribution in [1.29, 1.82) is 0 Å². The lowest BCUT2D eigenvalue weighted by Crippen LogP contribution is -2.34. The average Bonchev–Trinajstić information content (AvgIpc) is 3.03. The predicted octanol–water partition coefficient (Wildman–Crippen LogP) is 2.82. The van der Waals surface area contributed by atoms with Crippen LogP contribution >= 0.6 is 0 Å². The van der Waals surface area contributed by atoms with Gasteiger partial charge in [0.1, 0.15) is 11.5 Å². The van der Waals surface area contributed by atoms with Crippen molar-refractivity contribution in [3.8, 4) is 11.3 Å². The summed E-state index contributed by atoms with van der Waals surface area (Å²) in [6, 6.07) is 13.0. The van der Waals surface area contributed by atoms with Crippen LogP contribution in [0, 0.1) is 5.92 Å². The van der Waals surface area contributed by atoms with E-state index in [1.54, 1.807) is 0 Å². The third-order valence-corrected chi connectivity index (χ3v) is 3.63. The molecule has 0 saturated heterocycles. The van der Waals surface area contributed by atoms with Gasteiger partial charge in [0, 0.05) is 11.5 Å². The number of primary amides is 1. The molecule has 0 spiro atoms. The lowest BCUT2D eigenvalue weighted by atomic mass is 10.2. The number of urea groups is 1. The first-order chi connectivity index (χ1) is 9.65. The predicted molar refractivity (Wildman–Crippen MR) is 73.1 cm³/mol. The summed E-state index contributed by atoms with van der Waals surface area (Å²) >= 11 is 0. The van der Waals surface area contributed by atoms with Crippen molar-refractivity contribution < 1.29 is 14.4 Å². The summed E-state index contributed by atoms with van der Waals surface area (Å²) in [7, 11) is 0. The van der Waals surface area contributed by atoms with Gasteiger partial charge in [0.05, 0.1) is 6.54 Å². The summed E-state index contributed by atoms with van der Waals surface area (Å²) in [5.41, 5.74) is 6.03. The van der Waals surface area contributed by atoms with Crippen molar-refractivity contribution >= 4 is 6.03 Å². The molecule has 1 saturated carbocycles. The zero-order chi connectivity index (χ0) is 14.1. The van der Waals surface area contributed by atoms with E-state index < -0.39 is 6.03 Å². The average molecular weight is 272 g/mol. The van der Waals surface area contributed by atoms with Gasteiger partial charge < -0.3 is 10.2 Å². The van der Waals surface area contributed by atoms with Crippen molar-refractivity contribution in [2.24, 2.45) is 11.7 Å². The quantitative estimate of drug-likeness (QED) is 0.663. The number of amides is 2. The number of carbonyl (C=O) groups is 1. The number of furan rings is 1. The van der Waals surface area contributed by atoms with Crippen LogP contribution in [0.3, 0.4) is 0 Å². The Hall–Kier alpha value is -2.27. The summed E-state index contributed by atoms with van der Waals surface area (Å²) in [5, 5.41) is 9.87. The fraction of sp³-hybridized carbons (Fsp3) is 0.267. The van der Waals surface area contributed by atoms with Gasteiger partial charge in [0.15, 0.2) is 0 Å². The third kappa shape index (κ3) is 2.53. The number of rotatable bonds is 4. The molecular weight excluding hydrogens is 256 g/mol. The molecule has 0 radical (unpaired) electrons. The number of benzene rings is 1. The maximum absolute atomic E-state index is 10.8. The van der Waals surface area contributed by atoms with Gasteiger partial charge >= 0.3 is 6.03 Å². The summed E-state index contributed by atoms with van der Waals surface area (Å²) in [5.74, 6) is 2.19. The second-order valence-electron chi connectivity index (χ2n) is 5.09. The molecule has 2 amide bonds. The van der Waals surface area contributed by atoms with Crippen LogP contribution in [-0.4, -0.2) is 22.8 Å². The topological polar surface area (TPSA) is 79.7 Å². The van der Waals surface area contributed by atoms with E-state index in [0.717, 1.165) is 23.5 Å². The minimum Gasteiger partial charge on any atom is -0.461 e. The molecular formula is C15H16N2O3. The maximum Gasteiger partial charge on any atom is 0.338 e. The van der Waals surface area contributed by atoms with Crippen LogP contribution in [0.25, 0.3) is 11.3 Å². The van der Waals surface area contributed by atoms with Crippen LogP contribution in [-0.2, 0) is 0 Å². The van der Waals surface area contributed by atoms with Gasteiger partial charge in [0.25, 0.3) is 0 Å². The Kier molecular flexibility index (Phi) is 3.20. The van der Waals surface area contributed by atoms with E-state index in [-0.39, 0.29) is 18.4 Å². The molecule has 5 heteroatoms. The molecule has 5 nitrogen and oxygen atoms in total. The zero-order valence-corrected chi connectivity index (χ0v) is 10.9. The Balaban J connectivity index is 1.66. The number of hydrogen-bond acceptors (Lipinski definition) is 3. The van der Waals surface area contributed by atoms with E-state index in [1.165, 1.54) is 0 Å². The van der Waals surface area contributed by atoms with E-state index >= 15 is 0 Å². The second-order valence-corrected chi connectivity index (χ2v) is 5.09. The molecule has 1 fully saturated rings. The van der Waals surface area contributed by atoms with Crippen LogP contribution < -0.4 is 5.73 Å². The Morgan fingerprint density at radius 1 is 1.30 bits per heavy atom. The third-order valence-electron chi connectivity index (χ3n) is 3.63. The van der Waals surface area contributed by atoms with E-state index in [2.05, 4.69) is 0 Å². The second kappa shape index (κ2) is 5.02. The Morgan fingerprint density at radius 3 is 2.75 bits per heavy atom. The highest BCUT2D eigenvalue weighted by atomic mass is 16.5. The number of nitrogens with zero attached hydrogens (tertiary/aromatic N) is 1. The fourth-order valence-electron chi connectivity index (χ4n) is 2.42. The van der Waals surface area contributed by atoms with Gasteiger partial charge in [-0.15, -0.1) is 0 Å². The molecule has 1 aromatic carbocycles. The van der Waals surface area contributed by atoms with Crippen LogP contribution in [0.1, 0.15) is 18.1 Å². The monoisotopic (exact) mass is 272 g/mol. The molecule has 1 heterocycles. The fourth-order valence-corrected chi connectivity index (χ4v) is 2.42. The van der Waals surface area contributed by atoms with Gasteiger partial charge in [-0.1, -0.05) is 30.3 Å². The Morgan fingerprint density at radius 2 is 2.05 bits per heavy atom. The maximum atomic E-state index is 10.8. The number of hydroxylamine groups is 2. The molecule has 2 atom stereocenters. The highest BCUT2D eigenvalue weighted by molar-refractivity contribution is 5.70. The first-order valence-corrected chi connectivity index (χ1v) is 6.56. The van der Waals surface area contributed by atoms with E-state index in [9.17, 15) is 10.0 Å². The van der Waals surface area contributed by atoms with Gasteiger partial charge in [-0.05, 0) is 24.5 Å². The minimum absolute atomic E-state index is 0.210. The van der Waals surface area contributed by atoms with Gasteiger partial charge in [0.2, 0.25) is 0 Å². The first-order valence-electron chi connectivity index (χ1n) is 6.56. The van der Waals surface area contributed by atoms with Crippen molar-refractivity contribution in [2.45, 2.75) is 12.3 Å². The van der Waals surface area contributed by atoms with Crippen LogP contribution in [0.2, 0.25) is 0 Å². The molecule has 1 aliphatic rings. The first kappa shape index (κ1) is 12.7. The molecule has 1 aromatic heterocycles. The Labute approximate surface area is 116 Å². The number of nitrogens with two attached hydrogens (primary N) is 1. The lowest BCUT2D eigenvalue weighted by molar-refractivity contribution is -0.0432. The smallest absolute Gasteiger partial charge is 0.338 e. The van der Waals surface area contributed by atoms with Crippen LogP contribution in [0.4, 0.5) is 4.79 Å². The van der Waals surface area contributed by atoms with Gasteiger partial charge in [-0.2, -0.15) is 0 Å². The van der Waals surface area contributed by atoms with Crippen molar-refractivity contribution in [3.63, 3.8) is 0 Å². The zero-order valence-electron chi connectivity index (χ0n) is 10.9. The largest absolute Gasteiger partial charge is 0.461 e. The molecule has 0 aliphatic heterocycles. The van der Waals surface area contributed by atoms with E-state index in [0.29, 0.717) is 5.06 Å². The van der Waals surface area contributed by atoms with Crippen molar-refractivity contribution in [3.05, 3.63) is 48.2 Å². The molecule has 0 bridgehead atoms. The van der Waals surface area contributed by atoms with Crippen molar-refractivity contribution in [1.82, 2.24) is 5.06 Å². The molecule has 0 unspecified atom stereocenters. The summed E-state index contributed by atoms with van der Waals surface area (Å²) in [6.45, 7) is 0.251. The number of hydrogen-bond donors (Lipinski definition) is 2. The standard InChI is InChI=1S/C15H16N2O3/c16-15(18)17(19)9-11-8-12(11)14-7-6-13(20-14)10-4-2-1-3-5-10/h1-7,11-12,19H,8-9H2,(H2,16,18)/t11-,12+/m0/s1. The summed E-state index contributed by atoms with van der Waals surface area (Å²) < 4.78 is 5.85. The molecule has 3 rings (SSSR count). The molecule has 20 heavy (non-hydrogen) atoms. The molecule has 2 aromatic rings. The highest BCUT2D eigenvalue weighted by Gasteiger charge is 2.42.